The Hall–Kier alpha value is -0.940. The lowest BCUT2D eigenvalue weighted by Gasteiger charge is -2.26. The van der Waals surface area contributed by atoms with Gasteiger partial charge in [-0.25, -0.2) is 0 Å². The predicted octanol–water partition coefficient (Wildman–Crippen LogP) is 0.676. The molecule has 19 heavy (non-hydrogen) atoms. The van der Waals surface area contributed by atoms with Crippen LogP contribution in [-0.4, -0.2) is 59.3 Å². The summed E-state index contributed by atoms with van der Waals surface area (Å²) in [7, 11) is 4.14. The van der Waals surface area contributed by atoms with Crippen LogP contribution in [-0.2, 0) is 13.2 Å². The van der Waals surface area contributed by atoms with Gasteiger partial charge in [-0.15, -0.1) is 0 Å². The predicted molar refractivity (Wildman–Crippen MR) is 75.7 cm³/mol. The molecule has 0 aliphatic carbocycles. The maximum absolute atomic E-state index is 9.85. The monoisotopic (exact) mass is 264 g/mol. The van der Waals surface area contributed by atoms with Gasteiger partial charge in [0, 0.05) is 25.7 Å². The fourth-order valence-corrected chi connectivity index (χ4v) is 2.75. The Balaban J connectivity index is 1.99. The lowest BCUT2D eigenvalue weighted by molar-refractivity contribution is 0.169. The first-order chi connectivity index (χ1) is 9.08. The molecule has 0 saturated carbocycles. The molecule has 0 radical (unpaired) electrons. The van der Waals surface area contributed by atoms with Crippen LogP contribution in [0.3, 0.4) is 0 Å². The Morgan fingerprint density at radius 2 is 1.84 bits per heavy atom. The number of hydrogen-bond acceptors (Lipinski definition) is 4. The molecule has 106 valence electrons. The fourth-order valence-electron chi connectivity index (χ4n) is 2.75. The lowest BCUT2D eigenvalue weighted by atomic mass is 10.1. The summed E-state index contributed by atoms with van der Waals surface area (Å²) in [6, 6.07) is 8.46. The summed E-state index contributed by atoms with van der Waals surface area (Å²) in [4.78, 5) is 4.52. The molecule has 1 aromatic rings. The third kappa shape index (κ3) is 4.01. The van der Waals surface area contributed by atoms with E-state index < -0.39 is 0 Å². The Bertz CT molecular complexity index is 392. The Morgan fingerprint density at radius 3 is 2.42 bits per heavy atom. The van der Waals surface area contributed by atoms with E-state index in [1.165, 1.54) is 5.56 Å². The largest absolute Gasteiger partial charge is 0.392 e. The number of aliphatic hydroxyl groups is 2. The average molecular weight is 264 g/mol. The summed E-state index contributed by atoms with van der Waals surface area (Å²) in [5, 5.41) is 18.9. The summed E-state index contributed by atoms with van der Waals surface area (Å²) in [5.74, 6) is 0. The summed E-state index contributed by atoms with van der Waals surface area (Å²) < 4.78 is 0. The highest BCUT2D eigenvalue weighted by atomic mass is 16.3. The highest BCUT2D eigenvalue weighted by Crippen LogP contribution is 2.21. The second-order valence-electron chi connectivity index (χ2n) is 5.71. The maximum atomic E-state index is 9.85. The van der Waals surface area contributed by atoms with Gasteiger partial charge in [-0.3, -0.25) is 4.90 Å². The van der Waals surface area contributed by atoms with Crippen molar-refractivity contribution in [3.8, 4) is 0 Å². The van der Waals surface area contributed by atoms with Crippen molar-refractivity contribution < 1.29 is 10.2 Å². The number of hydrogen-bond donors (Lipinski definition) is 2. The van der Waals surface area contributed by atoms with Crippen LogP contribution in [0.2, 0.25) is 0 Å². The molecule has 2 N–H and O–H groups in total. The lowest BCUT2D eigenvalue weighted by Crippen LogP contribution is -2.37. The van der Waals surface area contributed by atoms with E-state index in [9.17, 15) is 5.11 Å². The average Bonchev–Trinajstić information content (AvgIpc) is 2.69. The van der Waals surface area contributed by atoms with Crippen molar-refractivity contribution in [3.63, 3.8) is 0 Å². The Labute approximate surface area is 115 Å². The van der Waals surface area contributed by atoms with Crippen molar-refractivity contribution in [2.45, 2.75) is 31.7 Å². The van der Waals surface area contributed by atoms with Crippen LogP contribution in [0.25, 0.3) is 0 Å². The van der Waals surface area contributed by atoms with Gasteiger partial charge in [0.2, 0.25) is 0 Å². The van der Waals surface area contributed by atoms with Gasteiger partial charge in [0.1, 0.15) is 0 Å². The van der Waals surface area contributed by atoms with Gasteiger partial charge in [-0.2, -0.15) is 0 Å². The molecule has 2 unspecified atom stereocenters. The molecular formula is C15H24N2O2. The van der Waals surface area contributed by atoms with Crippen molar-refractivity contribution in [1.29, 1.82) is 0 Å². The van der Waals surface area contributed by atoms with Gasteiger partial charge >= 0.3 is 0 Å². The molecule has 2 atom stereocenters. The second-order valence-corrected chi connectivity index (χ2v) is 5.71. The minimum Gasteiger partial charge on any atom is -0.392 e. The normalized spacial score (nSPS) is 24.3. The van der Waals surface area contributed by atoms with Crippen molar-refractivity contribution in [1.82, 2.24) is 9.80 Å². The molecule has 1 aliphatic rings. The Kier molecular flexibility index (Phi) is 4.93. The van der Waals surface area contributed by atoms with E-state index in [1.807, 2.05) is 12.1 Å². The molecule has 2 rings (SSSR count). The molecule has 1 fully saturated rings. The highest BCUT2D eigenvalue weighted by Gasteiger charge is 2.30. The molecule has 0 amide bonds. The first-order valence-electron chi connectivity index (χ1n) is 6.84. The van der Waals surface area contributed by atoms with Crippen molar-refractivity contribution in [2.24, 2.45) is 0 Å². The molecular weight excluding hydrogens is 240 g/mol. The summed E-state index contributed by atoms with van der Waals surface area (Å²) in [5.41, 5.74) is 2.17. The first-order valence-corrected chi connectivity index (χ1v) is 6.84. The van der Waals surface area contributed by atoms with E-state index in [4.69, 9.17) is 5.11 Å². The number of likely N-dealkylation sites (N-methyl/N-ethyl adjacent to an activating group) is 1. The number of benzene rings is 1. The van der Waals surface area contributed by atoms with Crippen LogP contribution in [0.4, 0.5) is 0 Å². The molecule has 4 nitrogen and oxygen atoms in total. The van der Waals surface area contributed by atoms with Gasteiger partial charge in [0.25, 0.3) is 0 Å². The van der Waals surface area contributed by atoms with Gasteiger partial charge in [0.15, 0.2) is 0 Å². The zero-order chi connectivity index (χ0) is 13.8. The fraction of sp³-hybridized carbons (Fsp3) is 0.600. The standard InChI is InChI=1S/C15H24N2O2/c1-16(2)9-14-7-15(19)10-17(14)8-12-3-5-13(11-18)6-4-12/h3-6,14-15,18-19H,7-11H2,1-2H3. The van der Waals surface area contributed by atoms with Gasteiger partial charge in [-0.05, 0) is 31.6 Å². The van der Waals surface area contributed by atoms with E-state index in [0.29, 0.717) is 6.04 Å². The van der Waals surface area contributed by atoms with Gasteiger partial charge in [0.05, 0.1) is 12.7 Å². The van der Waals surface area contributed by atoms with Gasteiger partial charge < -0.3 is 15.1 Å². The first kappa shape index (κ1) is 14.5. The third-order valence-corrected chi connectivity index (χ3v) is 3.67. The van der Waals surface area contributed by atoms with Crippen molar-refractivity contribution >= 4 is 0 Å². The van der Waals surface area contributed by atoms with E-state index in [0.717, 1.165) is 31.6 Å². The molecule has 0 bridgehead atoms. The van der Waals surface area contributed by atoms with Crippen LogP contribution in [0.1, 0.15) is 17.5 Å². The summed E-state index contributed by atoms with van der Waals surface area (Å²) in [6.07, 6.45) is 0.647. The highest BCUT2D eigenvalue weighted by molar-refractivity contribution is 5.22. The number of aliphatic hydroxyl groups excluding tert-OH is 2. The zero-order valence-corrected chi connectivity index (χ0v) is 11.8. The van der Waals surface area contributed by atoms with Crippen molar-refractivity contribution in [3.05, 3.63) is 35.4 Å². The van der Waals surface area contributed by atoms with Gasteiger partial charge in [-0.1, -0.05) is 24.3 Å². The minimum atomic E-state index is -0.207. The smallest absolute Gasteiger partial charge is 0.0682 e. The van der Waals surface area contributed by atoms with Crippen LogP contribution in [0.5, 0.6) is 0 Å². The van der Waals surface area contributed by atoms with Crippen LogP contribution < -0.4 is 0 Å². The quantitative estimate of drug-likeness (QED) is 0.821. The summed E-state index contributed by atoms with van der Waals surface area (Å²) in [6.45, 7) is 2.68. The summed E-state index contributed by atoms with van der Waals surface area (Å²) >= 11 is 0. The molecule has 1 aliphatic heterocycles. The van der Waals surface area contributed by atoms with Crippen LogP contribution >= 0.6 is 0 Å². The number of β-amino-alcohol motifs (C(OH)–C–C–N with tert-alkyl or cyclic N) is 1. The van der Waals surface area contributed by atoms with E-state index in [1.54, 1.807) is 0 Å². The molecule has 1 heterocycles. The maximum Gasteiger partial charge on any atom is 0.0682 e. The molecule has 1 aromatic carbocycles. The van der Waals surface area contributed by atoms with E-state index in [-0.39, 0.29) is 12.7 Å². The van der Waals surface area contributed by atoms with Crippen LogP contribution in [0, 0.1) is 0 Å². The third-order valence-electron chi connectivity index (χ3n) is 3.67. The second kappa shape index (κ2) is 6.48. The SMILES string of the molecule is CN(C)CC1CC(O)CN1Cc1ccc(CO)cc1. The number of likely N-dealkylation sites (tertiary alicyclic amines) is 1. The van der Waals surface area contributed by atoms with Crippen molar-refractivity contribution in [2.75, 3.05) is 27.2 Å². The molecule has 4 heteroatoms. The Morgan fingerprint density at radius 1 is 1.21 bits per heavy atom. The van der Waals surface area contributed by atoms with E-state index in [2.05, 4.69) is 36.0 Å². The molecule has 0 aromatic heterocycles. The number of rotatable bonds is 5. The molecule has 0 spiro atoms. The zero-order valence-electron chi connectivity index (χ0n) is 11.8. The molecule has 1 saturated heterocycles. The minimum absolute atomic E-state index is 0.0892. The number of nitrogens with zero attached hydrogens (tertiary/aromatic N) is 2. The van der Waals surface area contributed by atoms with Crippen LogP contribution in [0.15, 0.2) is 24.3 Å². The van der Waals surface area contributed by atoms with E-state index >= 15 is 0 Å². The topological polar surface area (TPSA) is 46.9 Å².